The Bertz CT molecular complexity index is 1070. The van der Waals surface area contributed by atoms with Crippen LogP contribution >= 0.6 is 0 Å². The van der Waals surface area contributed by atoms with Crippen molar-refractivity contribution in [1.82, 2.24) is 9.97 Å². The highest BCUT2D eigenvalue weighted by atomic mass is 19.1. The molecule has 0 saturated carbocycles. The molecule has 0 radical (unpaired) electrons. The predicted molar refractivity (Wildman–Crippen MR) is 108 cm³/mol. The van der Waals surface area contributed by atoms with Gasteiger partial charge in [0.1, 0.15) is 17.9 Å². The second-order valence-electron chi connectivity index (χ2n) is 6.13. The lowest BCUT2D eigenvalue weighted by atomic mass is 10.1. The SMILES string of the molecule is O=C(c1cc(F)ccc1Oc1cncnc1)N(c1ccccc1)c1ccccc1. The smallest absolute Gasteiger partial charge is 0.266 e. The highest BCUT2D eigenvalue weighted by molar-refractivity contribution is 6.12. The molecule has 3 aromatic carbocycles. The maximum absolute atomic E-state index is 14.1. The number of halogens is 1. The average molecular weight is 385 g/mol. The molecular formula is C23H16FN3O2. The van der Waals surface area contributed by atoms with Crippen LogP contribution in [0.25, 0.3) is 0 Å². The van der Waals surface area contributed by atoms with Crippen molar-refractivity contribution in [2.45, 2.75) is 0 Å². The van der Waals surface area contributed by atoms with Crippen molar-refractivity contribution in [1.29, 1.82) is 0 Å². The van der Waals surface area contributed by atoms with Gasteiger partial charge in [-0.1, -0.05) is 36.4 Å². The molecule has 0 bridgehead atoms. The first-order chi connectivity index (χ1) is 14.2. The Morgan fingerprint density at radius 3 is 2.00 bits per heavy atom. The number of rotatable bonds is 5. The molecule has 5 nitrogen and oxygen atoms in total. The van der Waals surface area contributed by atoms with Gasteiger partial charge in [-0.25, -0.2) is 14.4 Å². The van der Waals surface area contributed by atoms with Crippen LogP contribution in [-0.4, -0.2) is 15.9 Å². The maximum Gasteiger partial charge on any atom is 0.266 e. The van der Waals surface area contributed by atoms with Crippen LogP contribution < -0.4 is 9.64 Å². The van der Waals surface area contributed by atoms with E-state index in [0.29, 0.717) is 17.1 Å². The molecule has 29 heavy (non-hydrogen) atoms. The number of carbonyl (C=O) groups is 1. The first kappa shape index (κ1) is 18.3. The summed E-state index contributed by atoms with van der Waals surface area (Å²) >= 11 is 0. The van der Waals surface area contributed by atoms with E-state index in [4.69, 9.17) is 4.74 Å². The largest absolute Gasteiger partial charge is 0.453 e. The lowest BCUT2D eigenvalue weighted by Crippen LogP contribution is -2.26. The van der Waals surface area contributed by atoms with Gasteiger partial charge < -0.3 is 4.74 Å². The molecule has 0 unspecified atom stereocenters. The fourth-order valence-corrected chi connectivity index (χ4v) is 2.88. The lowest BCUT2D eigenvalue weighted by molar-refractivity contribution is 0.0996. The fourth-order valence-electron chi connectivity index (χ4n) is 2.88. The number of benzene rings is 3. The first-order valence-corrected chi connectivity index (χ1v) is 8.89. The van der Waals surface area contributed by atoms with E-state index in [9.17, 15) is 9.18 Å². The van der Waals surface area contributed by atoms with Gasteiger partial charge in [-0.15, -0.1) is 0 Å². The number of anilines is 2. The number of hydrogen-bond acceptors (Lipinski definition) is 4. The number of amides is 1. The summed E-state index contributed by atoms with van der Waals surface area (Å²) in [6.45, 7) is 0. The summed E-state index contributed by atoms with van der Waals surface area (Å²) < 4.78 is 19.8. The Morgan fingerprint density at radius 1 is 0.828 bits per heavy atom. The van der Waals surface area contributed by atoms with E-state index in [2.05, 4.69) is 9.97 Å². The van der Waals surface area contributed by atoms with Crippen LogP contribution in [-0.2, 0) is 0 Å². The van der Waals surface area contributed by atoms with Gasteiger partial charge in [0.05, 0.1) is 18.0 Å². The molecule has 0 spiro atoms. The zero-order valence-electron chi connectivity index (χ0n) is 15.3. The number of ether oxygens (including phenoxy) is 1. The highest BCUT2D eigenvalue weighted by Gasteiger charge is 2.24. The molecule has 6 heteroatoms. The summed E-state index contributed by atoms with van der Waals surface area (Å²) in [6, 6.07) is 22.2. The molecule has 0 fully saturated rings. The number of carbonyl (C=O) groups excluding carboxylic acids is 1. The molecule has 0 atom stereocenters. The molecule has 0 aliphatic heterocycles. The van der Waals surface area contributed by atoms with Gasteiger partial charge in [0.2, 0.25) is 0 Å². The van der Waals surface area contributed by atoms with Crippen LogP contribution in [0.4, 0.5) is 15.8 Å². The number of nitrogens with zero attached hydrogens (tertiary/aromatic N) is 3. The molecular weight excluding hydrogens is 369 g/mol. The Balaban J connectivity index is 1.79. The van der Waals surface area contributed by atoms with Gasteiger partial charge >= 0.3 is 0 Å². The standard InChI is InChI=1S/C23H16FN3O2/c24-17-11-12-22(29-20-14-25-16-26-15-20)21(13-17)23(28)27(18-7-3-1-4-8-18)19-9-5-2-6-10-19/h1-16H. The summed E-state index contributed by atoms with van der Waals surface area (Å²) in [5.41, 5.74) is 1.39. The van der Waals surface area contributed by atoms with E-state index < -0.39 is 11.7 Å². The third kappa shape index (κ3) is 4.11. The lowest BCUT2D eigenvalue weighted by Gasteiger charge is -2.24. The minimum atomic E-state index is -0.536. The third-order valence-electron chi connectivity index (χ3n) is 4.17. The quantitative estimate of drug-likeness (QED) is 0.462. The van der Waals surface area contributed by atoms with Gasteiger partial charge in [-0.2, -0.15) is 0 Å². The van der Waals surface area contributed by atoms with E-state index in [1.165, 1.54) is 41.8 Å². The molecule has 4 aromatic rings. The maximum atomic E-state index is 14.1. The molecule has 1 heterocycles. The van der Waals surface area contributed by atoms with Crippen LogP contribution in [0, 0.1) is 5.82 Å². The van der Waals surface area contributed by atoms with Crippen LogP contribution in [0.2, 0.25) is 0 Å². The van der Waals surface area contributed by atoms with Gasteiger partial charge in [0.15, 0.2) is 5.75 Å². The van der Waals surface area contributed by atoms with Crippen molar-refractivity contribution in [2.75, 3.05) is 4.90 Å². The van der Waals surface area contributed by atoms with Gasteiger partial charge in [-0.3, -0.25) is 9.69 Å². The third-order valence-corrected chi connectivity index (χ3v) is 4.17. The normalized spacial score (nSPS) is 10.4. The van der Waals surface area contributed by atoms with Crippen LogP contribution in [0.1, 0.15) is 10.4 Å². The summed E-state index contributed by atoms with van der Waals surface area (Å²) in [7, 11) is 0. The fraction of sp³-hybridized carbons (Fsp3) is 0. The Hall–Kier alpha value is -4.06. The highest BCUT2D eigenvalue weighted by Crippen LogP contribution is 2.32. The molecule has 1 amide bonds. The minimum Gasteiger partial charge on any atom is -0.453 e. The second kappa shape index (κ2) is 8.31. The number of para-hydroxylation sites is 2. The molecule has 0 aliphatic rings. The zero-order valence-corrected chi connectivity index (χ0v) is 15.3. The monoisotopic (exact) mass is 385 g/mol. The first-order valence-electron chi connectivity index (χ1n) is 8.89. The van der Waals surface area contributed by atoms with Crippen molar-refractivity contribution < 1.29 is 13.9 Å². The van der Waals surface area contributed by atoms with Crippen molar-refractivity contribution in [2.24, 2.45) is 0 Å². The second-order valence-corrected chi connectivity index (χ2v) is 6.13. The van der Waals surface area contributed by atoms with Crippen LogP contribution in [0.15, 0.2) is 97.6 Å². The summed E-state index contributed by atoms with van der Waals surface area (Å²) in [5.74, 6) is -0.401. The summed E-state index contributed by atoms with van der Waals surface area (Å²) in [4.78, 5) is 22.9. The van der Waals surface area contributed by atoms with Crippen LogP contribution in [0.5, 0.6) is 11.5 Å². The molecule has 0 saturated heterocycles. The van der Waals surface area contributed by atoms with Gasteiger partial charge in [0, 0.05) is 11.4 Å². The van der Waals surface area contributed by atoms with E-state index in [1.54, 1.807) is 0 Å². The van der Waals surface area contributed by atoms with E-state index in [-0.39, 0.29) is 11.3 Å². The van der Waals surface area contributed by atoms with Crippen molar-refractivity contribution in [3.63, 3.8) is 0 Å². The van der Waals surface area contributed by atoms with Gasteiger partial charge in [-0.05, 0) is 42.5 Å². The van der Waals surface area contributed by atoms with Crippen molar-refractivity contribution in [3.05, 3.63) is 109 Å². The average Bonchev–Trinajstić information content (AvgIpc) is 2.77. The topological polar surface area (TPSA) is 55.3 Å². The molecule has 4 rings (SSSR count). The van der Waals surface area contributed by atoms with Crippen molar-refractivity contribution in [3.8, 4) is 11.5 Å². The minimum absolute atomic E-state index is 0.0848. The van der Waals surface area contributed by atoms with E-state index in [1.807, 2.05) is 60.7 Å². The van der Waals surface area contributed by atoms with Crippen LogP contribution in [0.3, 0.4) is 0 Å². The van der Waals surface area contributed by atoms with E-state index >= 15 is 0 Å². The number of aromatic nitrogens is 2. The molecule has 142 valence electrons. The summed E-state index contributed by atoms with van der Waals surface area (Å²) in [5, 5.41) is 0. The Labute approximate surface area is 167 Å². The molecule has 0 aliphatic carbocycles. The zero-order chi connectivity index (χ0) is 20.1. The predicted octanol–water partition coefficient (Wildman–Crippen LogP) is 5.39. The van der Waals surface area contributed by atoms with Gasteiger partial charge in [0.25, 0.3) is 5.91 Å². The number of hydrogen-bond donors (Lipinski definition) is 0. The molecule has 1 aromatic heterocycles. The summed E-state index contributed by atoms with van der Waals surface area (Å²) in [6.07, 6.45) is 4.31. The van der Waals surface area contributed by atoms with Crippen molar-refractivity contribution >= 4 is 17.3 Å². The molecule has 0 N–H and O–H groups in total. The van der Waals surface area contributed by atoms with E-state index in [0.717, 1.165) is 0 Å². The Morgan fingerprint density at radius 2 is 1.41 bits per heavy atom. The Kier molecular flexibility index (Phi) is 5.25.